The topological polar surface area (TPSA) is 25.2 Å². The third kappa shape index (κ3) is 4.58. The standard InChI is InChI=1S/C21H33F3N2O/c1-12(2)19-15(6)18(10-17-9-8-14(5)26(17)13(3)4)20(27)25(16(19)7)11-21(22,23)24/h12-14,17H,8-11H2,1-7H3. The van der Waals surface area contributed by atoms with Gasteiger partial charge in [0, 0.05) is 29.4 Å². The van der Waals surface area contributed by atoms with Crippen LogP contribution >= 0.6 is 0 Å². The predicted molar refractivity (Wildman–Crippen MR) is 103 cm³/mol. The van der Waals surface area contributed by atoms with Crippen molar-refractivity contribution in [3.8, 4) is 0 Å². The summed E-state index contributed by atoms with van der Waals surface area (Å²) in [5.74, 6) is 0.0625. The van der Waals surface area contributed by atoms with Crippen LogP contribution in [0.1, 0.15) is 75.8 Å². The SMILES string of the molecule is Cc1c(C(C)C)c(C)n(CC(F)(F)F)c(=O)c1CC1CCC(C)N1C(C)C. The van der Waals surface area contributed by atoms with Crippen molar-refractivity contribution in [2.24, 2.45) is 0 Å². The Morgan fingerprint density at radius 1 is 1.11 bits per heavy atom. The fourth-order valence-corrected chi connectivity index (χ4v) is 4.98. The van der Waals surface area contributed by atoms with Gasteiger partial charge in [0.1, 0.15) is 6.54 Å². The Morgan fingerprint density at radius 2 is 1.70 bits per heavy atom. The molecular weight excluding hydrogens is 353 g/mol. The molecule has 1 aliphatic heterocycles. The molecule has 0 aliphatic carbocycles. The van der Waals surface area contributed by atoms with Crippen LogP contribution in [0.5, 0.6) is 0 Å². The Kier molecular flexibility index (Phi) is 6.50. The second-order valence-electron chi connectivity index (χ2n) is 8.59. The second-order valence-corrected chi connectivity index (χ2v) is 8.59. The van der Waals surface area contributed by atoms with Crippen LogP contribution in [0.2, 0.25) is 0 Å². The van der Waals surface area contributed by atoms with Gasteiger partial charge in [-0.1, -0.05) is 13.8 Å². The van der Waals surface area contributed by atoms with Crippen molar-refractivity contribution in [3.63, 3.8) is 0 Å². The summed E-state index contributed by atoms with van der Waals surface area (Å²) in [5, 5.41) is 0. The molecule has 6 heteroatoms. The van der Waals surface area contributed by atoms with Gasteiger partial charge in [-0.05, 0) is 70.9 Å². The highest BCUT2D eigenvalue weighted by atomic mass is 19.4. The highest BCUT2D eigenvalue weighted by Gasteiger charge is 2.35. The Labute approximate surface area is 160 Å². The molecule has 1 aromatic heterocycles. The Balaban J connectivity index is 2.57. The molecule has 3 nitrogen and oxygen atoms in total. The van der Waals surface area contributed by atoms with Gasteiger partial charge in [-0.25, -0.2) is 0 Å². The quantitative estimate of drug-likeness (QED) is 0.715. The van der Waals surface area contributed by atoms with E-state index >= 15 is 0 Å². The molecule has 1 aliphatic rings. The zero-order valence-electron chi connectivity index (χ0n) is 17.6. The van der Waals surface area contributed by atoms with E-state index in [1.54, 1.807) is 6.92 Å². The summed E-state index contributed by atoms with van der Waals surface area (Å²) in [7, 11) is 0. The van der Waals surface area contributed by atoms with E-state index in [-0.39, 0.29) is 12.0 Å². The van der Waals surface area contributed by atoms with E-state index in [0.29, 0.717) is 29.8 Å². The molecule has 0 radical (unpaired) electrons. The minimum Gasteiger partial charge on any atom is -0.303 e. The first kappa shape index (κ1) is 22.0. The number of nitrogens with zero attached hydrogens (tertiary/aromatic N) is 2. The fraction of sp³-hybridized carbons (Fsp3) is 0.762. The monoisotopic (exact) mass is 386 g/mol. The number of rotatable bonds is 5. The first-order chi connectivity index (χ1) is 12.3. The largest absolute Gasteiger partial charge is 0.406 e. The van der Waals surface area contributed by atoms with Gasteiger partial charge in [-0.15, -0.1) is 0 Å². The molecule has 0 bridgehead atoms. The maximum Gasteiger partial charge on any atom is 0.406 e. The summed E-state index contributed by atoms with van der Waals surface area (Å²) in [6.45, 7) is 12.7. The van der Waals surface area contributed by atoms with Gasteiger partial charge in [-0.2, -0.15) is 13.2 Å². The number of aromatic nitrogens is 1. The van der Waals surface area contributed by atoms with Crippen LogP contribution in [0.3, 0.4) is 0 Å². The molecule has 154 valence electrons. The van der Waals surface area contributed by atoms with E-state index < -0.39 is 18.3 Å². The number of likely N-dealkylation sites (tertiary alicyclic amines) is 1. The number of halogens is 3. The molecule has 0 amide bonds. The molecule has 27 heavy (non-hydrogen) atoms. The summed E-state index contributed by atoms with van der Waals surface area (Å²) in [6, 6.07) is 0.983. The molecule has 2 rings (SSSR count). The van der Waals surface area contributed by atoms with E-state index in [4.69, 9.17) is 0 Å². The maximum atomic E-state index is 13.1. The van der Waals surface area contributed by atoms with Crippen molar-refractivity contribution in [2.45, 2.75) is 104 Å². The lowest BCUT2D eigenvalue weighted by molar-refractivity contribution is -0.141. The molecule has 1 saturated heterocycles. The molecule has 2 atom stereocenters. The number of pyridine rings is 1. The van der Waals surface area contributed by atoms with Gasteiger partial charge in [0.2, 0.25) is 0 Å². The van der Waals surface area contributed by atoms with Gasteiger partial charge in [-0.3, -0.25) is 9.69 Å². The first-order valence-electron chi connectivity index (χ1n) is 9.92. The lowest BCUT2D eigenvalue weighted by Crippen LogP contribution is -2.43. The van der Waals surface area contributed by atoms with Crippen molar-refractivity contribution in [1.82, 2.24) is 9.47 Å². The lowest BCUT2D eigenvalue weighted by Gasteiger charge is -2.33. The minimum absolute atomic E-state index is 0.0625. The van der Waals surface area contributed by atoms with E-state index in [9.17, 15) is 18.0 Å². The molecule has 0 N–H and O–H groups in total. The average molecular weight is 387 g/mol. The summed E-state index contributed by atoms with van der Waals surface area (Å²) in [5.41, 5.74) is 2.26. The van der Waals surface area contributed by atoms with E-state index in [1.807, 2.05) is 20.8 Å². The molecule has 0 spiro atoms. The van der Waals surface area contributed by atoms with Gasteiger partial charge < -0.3 is 4.57 Å². The van der Waals surface area contributed by atoms with Gasteiger partial charge >= 0.3 is 6.18 Å². The van der Waals surface area contributed by atoms with Crippen molar-refractivity contribution in [3.05, 3.63) is 32.7 Å². The summed E-state index contributed by atoms with van der Waals surface area (Å²) < 4.78 is 40.3. The van der Waals surface area contributed by atoms with Crippen LogP contribution in [-0.2, 0) is 13.0 Å². The molecule has 0 saturated carbocycles. The van der Waals surface area contributed by atoms with Crippen LogP contribution in [0.25, 0.3) is 0 Å². The third-order valence-electron chi connectivity index (χ3n) is 5.95. The van der Waals surface area contributed by atoms with Crippen molar-refractivity contribution >= 4 is 0 Å². The van der Waals surface area contributed by atoms with Gasteiger partial charge in [0.25, 0.3) is 5.56 Å². The third-order valence-corrected chi connectivity index (χ3v) is 5.95. The van der Waals surface area contributed by atoms with Crippen LogP contribution < -0.4 is 5.56 Å². The Morgan fingerprint density at radius 3 is 2.19 bits per heavy atom. The number of hydrogen-bond acceptors (Lipinski definition) is 2. The highest BCUT2D eigenvalue weighted by Crippen LogP contribution is 2.31. The normalized spacial score (nSPS) is 21.6. The van der Waals surface area contributed by atoms with Gasteiger partial charge in [0.15, 0.2) is 0 Å². The van der Waals surface area contributed by atoms with Crippen molar-refractivity contribution in [2.75, 3.05) is 0 Å². The van der Waals surface area contributed by atoms with Crippen LogP contribution in [0.15, 0.2) is 4.79 Å². The van der Waals surface area contributed by atoms with E-state index in [2.05, 4.69) is 25.7 Å². The molecular formula is C21H33F3N2O. The first-order valence-corrected chi connectivity index (χ1v) is 9.92. The van der Waals surface area contributed by atoms with Crippen molar-refractivity contribution in [1.29, 1.82) is 0 Å². The van der Waals surface area contributed by atoms with Crippen molar-refractivity contribution < 1.29 is 13.2 Å². The fourth-order valence-electron chi connectivity index (χ4n) is 4.98. The highest BCUT2D eigenvalue weighted by molar-refractivity contribution is 5.39. The Bertz CT molecular complexity index is 734. The smallest absolute Gasteiger partial charge is 0.303 e. The molecule has 1 aromatic rings. The lowest BCUT2D eigenvalue weighted by atomic mass is 9.90. The number of alkyl halides is 3. The molecule has 0 aromatic carbocycles. The summed E-state index contributed by atoms with van der Waals surface area (Å²) in [4.78, 5) is 15.5. The average Bonchev–Trinajstić information content (AvgIpc) is 2.87. The van der Waals surface area contributed by atoms with Crippen LogP contribution in [0.4, 0.5) is 13.2 Å². The zero-order valence-corrected chi connectivity index (χ0v) is 17.6. The minimum atomic E-state index is -4.42. The van der Waals surface area contributed by atoms with Gasteiger partial charge in [0.05, 0.1) is 0 Å². The Hall–Kier alpha value is -1.30. The maximum absolute atomic E-state index is 13.1. The molecule has 2 heterocycles. The second kappa shape index (κ2) is 7.98. The predicted octanol–water partition coefficient (Wildman–Crippen LogP) is 4.95. The molecule has 1 fully saturated rings. The summed E-state index contributed by atoms with van der Waals surface area (Å²) >= 11 is 0. The number of hydrogen-bond donors (Lipinski definition) is 0. The van der Waals surface area contributed by atoms with Crippen LogP contribution in [-0.4, -0.2) is 33.8 Å². The molecule has 2 unspecified atom stereocenters. The van der Waals surface area contributed by atoms with E-state index in [1.165, 1.54) is 0 Å². The van der Waals surface area contributed by atoms with E-state index in [0.717, 1.165) is 28.5 Å². The van der Waals surface area contributed by atoms with Crippen LogP contribution in [0, 0.1) is 13.8 Å². The summed E-state index contributed by atoms with van der Waals surface area (Å²) in [6.07, 6.45) is -1.86. The zero-order chi connectivity index (χ0) is 20.7.